The zero-order chi connectivity index (χ0) is 19.1. The summed E-state index contributed by atoms with van der Waals surface area (Å²) in [6, 6.07) is 3.91. The maximum absolute atomic E-state index is 5.49. The predicted molar refractivity (Wildman–Crippen MR) is 107 cm³/mol. The number of rotatable bonds is 4. The van der Waals surface area contributed by atoms with Crippen LogP contribution >= 0.6 is 11.3 Å². The van der Waals surface area contributed by atoms with Gasteiger partial charge in [0.15, 0.2) is 0 Å². The quantitative estimate of drug-likeness (QED) is 0.520. The molecule has 144 valence electrons. The van der Waals surface area contributed by atoms with Crippen molar-refractivity contribution < 1.29 is 4.52 Å². The van der Waals surface area contributed by atoms with Crippen LogP contribution in [-0.4, -0.2) is 56.9 Å². The Morgan fingerprint density at radius 1 is 1.29 bits per heavy atom. The smallest absolute Gasteiger partial charge is 0.265 e. The van der Waals surface area contributed by atoms with Crippen LogP contribution in [0.1, 0.15) is 24.7 Å². The fourth-order valence-electron chi connectivity index (χ4n) is 3.40. The summed E-state index contributed by atoms with van der Waals surface area (Å²) in [6.45, 7) is 1.79. The molecule has 1 atom stereocenters. The molecule has 4 aromatic rings. The summed E-state index contributed by atoms with van der Waals surface area (Å²) in [5.41, 5.74) is 1.88. The second kappa shape index (κ2) is 6.86. The van der Waals surface area contributed by atoms with Gasteiger partial charge < -0.3 is 14.3 Å². The second-order valence-corrected chi connectivity index (χ2v) is 8.03. The van der Waals surface area contributed by atoms with E-state index in [1.165, 1.54) is 0 Å². The number of nitrogens with zero attached hydrogens (tertiary/aromatic N) is 8. The van der Waals surface area contributed by atoms with Gasteiger partial charge in [-0.2, -0.15) is 4.98 Å². The number of pyridine rings is 1. The summed E-state index contributed by atoms with van der Waals surface area (Å²) in [7, 11) is 3.82. The van der Waals surface area contributed by atoms with Crippen molar-refractivity contribution in [2.24, 2.45) is 0 Å². The molecule has 10 heteroatoms. The third-order valence-electron chi connectivity index (χ3n) is 4.86. The molecular weight excluding hydrogens is 376 g/mol. The van der Waals surface area contributed by atoms with Crippen molar-refractivity contribution >= 4 is 27.4 Å². The number of fused-ring (bicyclic) bond motifs is 1. The molecule has 1 unspecified atom stereocenters. The number of imidazole rings is 1. The van der Waals surface area contributed by atoms with E-state index in [4.69, 9.17) is 14.6 Å². The van der Waals surface area contributed by atoms with Gasteiger partial charge in [0.05, 0.1) is 17.8 Å². The molecule has 5 rings (SSSR count). The van der Waals surface area contributed by atoms with E-state index >= 15 is 0 Å². The molecule has 4 aromatic heterocycles. The maximum Gasteiger partial charge on any atom is 0.265 e. The minimum Gasteiger partial charge on any atom is -0.346 e. The Morgan fingerprint density at radius 3 is 2.96 bits per heavy atom. The first kappa shape index (κ1) is 17.1. The number of aromatic nitrogens is 6. The van der Waals surface area contributed by atoms with Crippen molar-refractivity contribution in [1.82, 2.24) is 29.7 Å². The lowest BCUT2D eigenvalue weighted by atomic mass is 9.98. The van der Waals surface area contributed by atoms with Gasteiger partial charge in [0.25, 0.3) is 5.95 Å². The summed E-state index contributed by atoms with van der Waals surface area (Å²) >= 11 is 1.60. The van der Waals surface area contributed by atoms with Gasteiger partial charge in [0.2, 0.25) is 16.0 Å². The number of hydrogen-bond acceptors (Lipinski definition) is 9. The Hall–Kier alpha value is -3.01. The monoisotopic (exact) mass is 396 g/mol. The Bertz CT molecular complexity index is 1050. The lowest BCUT2D eigenvalue weighted by Crippen LogP contribution is -2.34. The van der Waals surface area contributed by atoms with Gasteiger partial charge in [-0.3, -0.25) is 4.98 Å². The fourth-order valence-corrected chi connectivity index (χ4v) is 4.32. The zero-order valence-corrected chi connectivity index (χ0v) is 16.5. The summed E-state index contributed by atoms with van der Waals surface area (Å²) in [4.78, 5) is 18.4. The highest BCUT2D eigenvalue weighted by molar-refractivity contribution is 7.20. The molecule has 0 aliphatic carbocycles. The van der Waals surface area contributed by atoms with E-state index in [0.29, 0.717) is 11.8 Å². The van der Waals surface area contributed by atoms with Crippen LogP contribution in [0.2, 0.25) is 0 Å². The molecule has 1 fully saturated rings. The highest BCUT2D eigenvalue weighted by Gasteiger charge is 2.28. The highest BCUT2D eigenvalue weighted by atomic mass is 32.1. The Balaban J connectivity index is 1.36. The van der Waals surface area contributed by atoms with E-state index in [-0.39, 0.29) is 5.92 Å². The molecular formula is C18H20N8OS. The largest absolute Gasteiger partial charge is 0.346 e. The summed E-state index contributed by atoms with van der Waals surface area (Å²) in [5, 5.41) is 9.76. The molecule has 28 heavy (non-hydrogen) atoms. The van der Waals surface area contributed by atoms with Crippen molar-refractivity contribution in [3.8, 4) is 11.3 Å². The molecule has 9 nitrogen and oxygen atoms in total. The van der Waals surface area contributed by atoms with Crippen molar-refractivity contribution in [3.05, 3.63) is 36.6 Å². The van der Waals surface area contributed by atoms with Crippen molar-refractivity contribution in [3.63, 3.8) is 0 Å². The molecule has 0 spiro atoms. The van der Waals surface area contributed by atoms with Crippen LogP contribution in [0.15, 0.2) is 35.2 Å². The summed E-state index contributed by atoms with van der Waals surface area (Å²) in [5.74, 6) is 1.54. The van der Waals surface area contributed by atoms with Crippen LogP contribution in [0.4, 0.5) is 11.1 Å². The molecule has 0 N–H and O–H groups in total. The molecule has 0 bridgehead atoms. The van der Waals surface area contributed by atoms with Gasteiger partial charge in [-0.15, -0.1) is 5.10 Å². The third kappa shape index (κ3) is 3.09. The van der Waals surface area contributed by atoms with Gasteiger partial charge >= 0.3 is 0 Å². The molecule has 0 aromatic carbocycles. The van der Waals surface area contributed by atoms with Crippen LogP contribution in [0.3, 0.4) is 0 Å². The molecule has 1 saturated heterocycles. The average Bonchev–Trinajstić information content (AvgIpc) is 3.43. The lowest BCUT2D eigenvalue weighted by Gasteiger charge is -2.30. The van der Waals surface area contributed by atoms with Gasteiger partial charge in [0.1, 0.15) is 0 Å². The zero-order valence-electron chi connectivity index (χ0n) is 15.7. The number of hydrogen-bond donors (Lipinski definition) is 0. The van der Waals surface area contributed by atoms with Crippen LogP contribution in [-0.2, 0) is 0 Å². The van der Waals surface area contributed by atoms with Crippen molar-refractivity contribution in [1.29, 1.82) is 0 Å². The predicted octanol–water partition coefficient (Wildman–Crippen LogP) is 2.69. The SMILES string of the molecule is CN(C)c1noc(C2CCCN(c3nn4cc(-c5cccnc5)nc4s3)C2)n1. The third-order valence-corrected chi connectivity index (χ3v) is 5.85. The molecule has 0 saturated carbocycles. The van der Waals surface area contributed by atoms with Gasteiger partial charge in [0, 0.05) is 45.1 Å². The van der Waals surface area contributed by atoms with E-state index in [1.807, 2.05) is 48.0 Å². The van der Waals surface area contributed by atoms with Gasteiger partial charge in [-0.1, -0.05) is 11.3 Å². The first-order chi connectivity index (χ1) is 13.7. The summed E-state index contributed by atoms with van der Waals surface area (Å²) < 4.78 is 7.34. The van der Waals surface area contributed by atoms with Crippen molar-refractivity contribution in [2.45, 2.75) is 18.8 Å². The van der Waals surface area contributed by atoms with E-state index in [2.05, 4.69) is 20.0 Å². The minimum atomic E-state index is 0.220. The van der Waals surface area contributed by atoms with Crippen LogP contribution in [0, 0.1) is 0 Å². The van der Waals surface area contributed by atoms with Gasteiger partial charge in [-0.05, 0) is 30.1 Å². The van der Waals surface area contributed by atoms with Crippen LogP contribution < -0.4 is 9.80 Å². The fraction of sp³-hybridized carbons (Fsp3) is 0.389. The standard InChI is InChI=1S/C18H20N8OS/c1-24(2)16-21-15(27-23-16)13-6-4-8-25(10-13)18-22-26-11-14(20-17(26)28-18)12-5-3-7-19-9-12/h3,5,7,9,11,13H,4,6,8,10H2,1-2H3. The average molecular weight is 396 g/mol. The van der Waals surface area contributed by atoms with Gasteiger partial charge in [-0.25, -0.2) is 9.50 Å². The van der Waals surface area contributed by atoms with E-state index in [1.54, 1.807) is 17.5 Å². The second-order valence-electron chi connectivity index (χ2n) is 7.09. The Kier molecular flexibility index (Phi) is 4.19. The highest BCUT2D eigenvalue weighted by Crippen LogP contribution is 2.32. The molecule has 1 aliphatic heterocycles. The Morgan fingerprint density at radius 2 is 2.21 bits per heavy atom. The first-order valence-corrected chi connectivity index (χ1v) is 10.0. The minimum absolute atomic E-state index is 0.220. The van der Waals surface area contributed by atoms with E-state index < -0.39 is 0 Å². The molecule has 5 heterocycles. The summed E-state index contributed by atoms with van der Waals surface area (Å²) in [6.07, 6.45) is 7.63. The molecule has 0 radical (unpaired) electrons. The lowest BCUT2D eigenvalue weighted by molar-refractivity contribution is 0.333. The number of anilines is 2. The van der Waals surface area contributed by atoms with E-state index in [9.17, 15) is 0 Å². The van der Waals surface area contributed by atoms with E-state index in [0.717, 1.165) is 47.3 Å². The number of piperidine rings is 1. The topological polar surface area (TPSA) is 88.5 Å². The Labute approximate surface area is 165 Å². The molecule has 1 aliphatic rings. The normalized spacial score (nSPS) is 17.4. The first-order valence-electron chi connectivity index (χ1n) is 9.20. The van der Waals surface area contributed by atoms with Crippen molar-refractivity contribution in [2.75, 3.05) is 37.0 Å². The maximum atomic E-state index is 5.49. The molecule has 0 amide bonds. The van der Waals surface area contributed by atoms with Crippen LogP contribution in [0.25, 0.3) is 16.2 Å². The van der Waals surface area contributed by atoms with Crippen LogP contribution in [0.5, 0.6) is 0 Å².